The Hall–Kier alpha value is -1.41. The minimum atomic E-state index is -4.18. The standard InChI is InChI=1S/C15H17O3P/c1-12-7-9-13(10-8-12)11-15(19(16,17)18)14-5-3-2-4-6-14/h2-10,15H,11H2,1H3,(H2,16,17,18). The molecule has 0 spiro atoms. The summed E-state index contributed by atoms with van der Waals surface area (Å²) < 4.78 is 11.7. The van der Waals surface area contributed by atoms with Crippen molar-refractivity contribution in [3.63, 3.8) is 0 Å². The Balaban J connectivity index is 2.30. The van der Waals surface area contributed by atoms with E-state index in [4.69, 9.17) is 0 Å². The van der Waals surface area contributed by atoms with E-state index in [-0.39, 0.29) is 0 Å². The van der Waals surface area contributed by atoms with Crippen LogP contribution >= 0.6 is 7.60 Å². The van der Waals surface area contributed by atoms with E-state index in [1.165, 1.54) is 0 Å². The maximum Gasteiger partial charge on any atom is 0.333 e. The average Bonchev–Trinajstić information content (AvgIpc) is 2.37. The zero-order valence-corrected chi connectivity index (χ0v) is 11.6. The Bertz CT molecular complexity index is 572. The zero-order valence-electron chi connectivity index (χ0n) is 10.7. The third-order valence-electron chi connectivity index (χ3n) is 3.14. The fourth-order valence-corrected chi connectivity index (χ4v) is 3.06. The van der Waals surface area contributed by atoms with Crippen molar-refractivity contribution < 1.29 is 14.4 Å². The SMILES string of the molecule is Cc1ccc(CC(c2ccccc2)P(=O)(O)O)cc1. The molecular weight excluding hydrogens is 259 g/mol. The van der Waals surface area contributed by atoms with Gasteiger partial charge in [-0.1, -0.05) is 60.2 Å². The van der Waals surface area contributed by atoms with E-state index in [9.17, 15) is 14.4 Å². The van der Waals surface area contributed by atoms with E-state index in [2.05, 4.69) is 0 Å². The van der Waals surface area contributed by atoms with Crippen LogP contribution in [0.25, 0.3) is 0 Å². The minimum absolute atomic E-state index is 0.342. The highest BCUT2D eigenvalue weighted by atomic mass is 31.2. The number of hydrogen-bond acceptors (Lipinski definition) is 1. The van der Waals surface area contributed by atoms with Crippen LogP contribution in [0.3, 0.4) is 0 Å². The molecule has 1 unspecified atom stereocenters. The van der Waals surface area contributed by atoms with Gasteiger partial charge in [-0.25, -0.2) is 0 Å². The van der Waals surface area contributed by atoms with E-state index in [1.807, 2.05) is 37.3 Å². The normalized spacial score (nSPS) is 13.2. The number of aryl methyl sites for hydroxylation is 1. The Kier molecular flexibility index (Phi) is 4.20. The highest BCUT2D eigenvalue weighted by molar-refractivity contribution is 7.52. The van der Waals surface area contributed by atoms with E-state index < -0.39 is 13.3 Å². The first-order chi connectivity index (χ1) is 8.97. The lowest BCUT2D eigenvalue weighted by atomic mass is 10.0. The van der Waals surface area contributed by atoms with Gasteiger partial charge < -0.3 is 9.79 Å². The van der Waals surface area contributed by atoms with Gasteiger partial charge in [0.05, 0.1) is 5.66 Å². The Morgan fingerprint density at radius 2 is 1.58 bits per heavy atom. The molecule has 0 aliphatic rings. The predicted octanol–water partition coefficient (Wildman–Crippen LogP) is 3.46. The molecule has 0 bridgehead atoms. The van der Waals surface area contributed by atoms with Gasteiger partial charge in [0.15, 0.2) is 0 Å². The molecule has 0 saturated carbocycles. The lowest BCUT2D eigenvalue weighted by Crippen LogP contribution is -2.04. The first kappa shape index (κ1) is 14.0. The molecule has 100 valence electrons. The summed E-state index contributed by atoms with van der Waals surface area (Å²) in [5.74, 6) is 0. The van der Waals surface area contributed by atoms with Crippen molar-refractivity contribution >= 4 is 7.60 Å². The summed E-state index contributed by atoms with van der Waals surface area (Å²) in [6, 6.07) is 16.7. The molecule has 2 rings (SSSR count). The molecule has 2 aromatic carbocycles. The van der Waals surface area contributed by atoms with Crippen molar-refractivity contribution in [3.8, 4) is 0 Å². The fourth-order valence-electron chi connectivity index (χ4n) is 2.05. The van der Waals surface area contributed by atoms with Crippen molar-refractivity contribution in [2.24, 2.45) is 0 Å². The molecule has 0 radical (unpaired) electrons. The largest absolute Gasteiger partial charge is 0.333 e. The summed E-state index contributed by atoms with van der Waals surface area (Å²) in [6.07, 6.45) is 0.342. The molecule has 0 saturated heterocycles. The van der Waals surface area contributed by atoms with Crippen LogP contribution < -0.4 is 0 Å². The van der Waals surface area contributed by atoms with Crippen LogP contribution in [0.4, 0.5) is 0 Å². The van der Waals surface area contributed by atoms with Gasteiger partial charge in [-0.05, 0) is 24.5 Å². The smallest absolute Gasteiger partial charge is 0.324 e. The maximum absolute atomic E-state index is 11.7. The molecule has 2 N–H and O–H groups in total. The van der Waals surface area contributed by atoms with E-state index in [1.54, 1.807) is 24.3 Å². The van der Waals surface area contributed by atoms with Crippen LogP contribution in [-0.2, 0) is 11.0 Å². The van der Waals surface area contributed by atoms with Crippen molar-refractivity contribution in [3.05, 3.63) is 71.3 Å². The lowest BCUT2D eigenvalue weighted by molar-refractivity contribution is 0.358. The number of benzene rings is 2. The van der Waals surface area contributed by atoms with Gasteiger partial charge in [-0.15, -0.1) is 0 Å². The van der Waals surface area contributed by atoms with Gasteiger partial charge in [0.1, 0.15) is 0 Å². The summed E-state index contributed by atoms with van der Waals surface area (Å²) in [7, 11) is -4.18. The molecule has 19 heavy (non-hydrogen) atoms. The quantitative estimate of drug-likeness (QED) is 0.841. The first-order valence-corrected chi connectivity index (χ1v) is 7.80. The van der Waals surface area contributed by atoms with Crippen LogP contribution in [-0.4, -0.2) is 9.79 Å². The van der Waals surface area contributed by atoms with Crippen molar-refractivity contribution in [2.45, 2.75) is 19.0 Å². The second-order valence-corrected chi connectivity index (χ2v) is 6.51. The molecule has 0 aromatic heterocycles. The molecule has 0 fully saturated rings. The van der Waals surface area contributed by atoms with E-state index in [0.717, 1.165) is 11.1 Å². The second kappa shape index (κ2) is 5.70. The van der Waals surface area contributed by atoms with Gasteiger partial charge in [0.2, 0.25) is 0 Å². The third kappa shape index (κ3) is 3.77. The van der Waals surface area contributed by atoms with Gasteiger partial charge in [-0.2, -0.15) is 0 Å². The van der Waals surface area contributed by atoms with Crippen LogP contribution in [0.5, 0.6) is 0 Å². The molecule has 0 aliphatic carbocycles. The zero-order chi connectivity index (χ0) is 13.9. The van der Waals surface area contributed by atoms with Gasteiger partial charge in [-0.3, -0.25) is 4.57 Å². The van der Waals surface area contributed by atoms with E-state index in [0.29, 0.717) is 12.0 Å². The van der Waals surface area contributed by atoms with Crippen molar-refractivity contribution in [1.29, 1.82) is 0 Å². The Morgan fingerprint density at radius 1 is 1.00 bits per heavy atom. The van der Waals surface area contributed by atoms with Crippen LogP contribution in [0.15, 0.2) is 54.6 Å². The summed E-state index contributed by atoms with van der Waals surface area (Å²) in [5, 5.41) is 0. The van der Waals surface area contributed by atoms with Crippen molar-refractivity contribution in [1.82, 2.24) is 0 Å². The first-order valence-electron chi connectivity index (χ1n) is 6.12. The second-order valence-electron chi connectivity index (χ2n) is 4.71. The number of rotatable bonds is 4. The van der Waals surface area contributed by atoms with Gasteiger partial charge >= 0.3 is 7.60 Å². The summed E-state index contributed by atoms with van der Waals surface area (Å²) in [5.41, 5.74) is 1.96. The van der Waals surface area contributed by atoms with Crippen LogP contribution in [0.2, 0.25) is 0 Å². The summed E-state index contributed by atoms with van der Waals surface area (Å²) in [4.78, 5) is 19.1. The Morgan fingerprint density at radius 3 is 2.11 bits per heavy atom. The summed E-state index contributed by atoms with van der Waals surface area (Å²) in [6.45, 7) is 1.99. The molecule has 0 aliphatic heterocycles. The topological polar surface area (TPSA) is 57.5 Å². The molecule has 2 aromatic rings. The van der Waals surface area contributed by atoms with Gasteiger partial charge in [0.25, 0.3) is 0 Å². The predicted molar refractivity (Wildman–Crippen MR) is 76.1 cm³/mol. The minimum Gasteiger partial charge on any atom is -0.324 e. The summed E-state index contributed by atoms with van der Waals surface area (Å²) >= 11 is 0. The van der Waals surface area contributed by atoms with Gasteiger partial charge in [0, 0.05) is 0 Å². The van der Waals surface area contributed by atoms with Crippen LogP contribution in [0, 0.1) is 6.92 Å². The Labute approximate surface area is 113 Å². The number of hydrogen-bond donors (Lipinski definition) is 2. The van der Waals surface area contributed by atoms with Crippen molar-refractivity contribution in [2.75, 3.05) is 0 Å². The highest BCUT2D eigenvalue weighted by Crippen LogP contribution is 2.53. The maximum atomic E-state index is 11.7. The average molecular weight is 276 g/mol. The molecular formula is C15H17O3P. The lowest BCUT2D eigenvalue weighted by Gasteiger charge is -2.19. The molecule has 0 heterocycles. The van der Waals surface area contributed by atoms with Crippen LogP contribution in [0.1, 0.15) is 22.3 Å². The molecule has 4 heteroatoms. The molecule has 1 atom stereocenters. The van der Waals surface area contributed by atoms with E-state index >= 15 is 0 Å². The fraction of sp³-hybridized carbons (Fsp3) is 0.200. The third-order valence-corrected chi connectivity index (χ3v) is 4.43. The highest BCUT2D eigenvalue weighted by Gasteiger charge is 2.30. The molecule has 0 amide bonds. The molecule has 3 nitrogen and oxygen atoms in total. The monoisotopic (exact) mass is 276 g/mol.